The molecule has 0 fully saturated rings. The highest BCUT2D eigenvalue weighted by atomic mass is 35.6. The van der Waals surface area contributed by atoms with Crippen LogP contribution < -0.4 is 0 Å². The minimum absolute atomic E-state index is 0.429. The highest BCUT2D eigenvalue weighted by Gasteiger charge is 2.50. The number of rotatable bonds is 2. The van der Waals surface area contributed by atoms with Crippen molar-refractivity contribution in [2.24, 2.45) is 0 Å². The highest BCUT2D eigenvalue weighted by Crippen LogP contribution is 2.48. The maximum atomic E-state index is 10.9. The number of aryl methyl sites for hydroxylation is 1. The number of hydrogen-bond acceptors (Lipinski definition) is 2. The Bertz CT molecular complexity index is 551. The number of aliphatic hydroxyl groups is 1. The van der Waals surface area contributed by atoms with Gasteiger partial charge in [0.1, 0.15) is 0 Å². The Balaban J connectivity index is 2.63. The molecule has 0 aliphatic heterocycles. The fourth-order valence-corrected chi connectivity index (χ4v) is 2.52. The van der Waals surface area contributed by atoms with Gasteiger partial charge in [-0.25, -0.2) is 0 Å². The number of hydrogen-bond donors (Lipinski definition) is 1. The summed E-state index contributed by atoms with van der Waals surface area (Å²) >= 11 is 18.0. The second kappa shape index (κ2) is 5.29. The molecule has 100 valence electrons. The van der Waals surface area contributed by atoms with Crippen LogP contribution >= 0.6 is 34.8 Å². The number of pyridine rings is 1. The van der Waals surface area contributed by atoms with Crippen molar-refractivity contribution in [3.63, 3.8) is 0 Å². The lowest BCUT2D eigenvalue weighted by Crippen LogP contribution is -2.41. The van der Waals surface area contributed by atoms with Crippen LogP contribution in [0.5, 0.6) is 0 Å². The Morgan fingerprint density at radius 1 is 1.00 bits per heavy atom. The Hall–Kier alpha value is -0.800. The minimum atomic E-state index is -1.91. The zero-order valence-corrected chi connectivity index (χ0v) is 12.4. The lowest BCUT2D eigenvalue weighted by Gasteiger charge is -2.35. The van der Waals surface area contributed by atoms with E-state index in [1.54, 1.807) is 30.5 Å². The van der Waals surface area contributed by atoms with Crippen molar-refractivity contribution < 1.29 is 5.11 Å². The predicted molar refractivity (Wildman–Crippen MR) is 78.7 cm³/mol. The lowest BCUT2D eigenvalue weighted by molar-refractivity contribution is 0.0846. The van der Waals surface area contributed by atoms with Crippen molar-refractivity contribution in [2.75, 3.05) is 0 Å². The monoisotopic (exact) mass is 315 g/mol. The molecule has 0 spiro atoms. The molecule has 0 saturated heterocycles. The first-order valence-electron chi connectivity index (χ1n) is 5.62. The second-order valence-corrected chi connectivity index (χ2v) is 6.60. The zero-order valence-electron chi connectivity index (χ0n) is 10.1. The zero-order chi connectivity index (χ0) is 14.1. The summed E-state index contributed by atoms with van der Waals surface area (Å²) < 4.78 is -1.91. The highest BCUT2D eigenvalue weighted by molar-refractivity contribution is 6.68. The molecule has 1 heterocycles. The van der Waals surface area contributed by atoms with Gasteiger partial charge < -0.3 is 5.11 Å². The fraction of sp³-hybridized carbons (Fsp3) is 0.214. The SMILES string of the molecule is Cc1ccc(C(O)(c2cccnc2)C(Cl)(Cl)Cl)cc1. The summed E-state index contributed by atoms with van der Waals surface area (Å²) in [4.78, 5) is 3.97. The van der Waals surface area contributed by atoms with Crippen molar-refractivity contribution in [3.8, 4) is 0 Å². The van der Waals surface area contributed by atoms with E-state index in [1.165, 1.54) is 6.20 Å². The molecular weight excluding hydrogens is 305 g/mol. The van der Waals surface area contributed by atoms with Crippen LogP contribution in [0, 0.1) is 6.92 Å². The van der Waals surface area contributed by atoms with Crippen LogP contribution in [0.15, 0.2) is 48.8 Å². The van der Waals surface area contributed by atoms with E-state index in [9.17, 15) is 5.11 Å². The van der Waals surface area contributed by atoms with E-state index in [2.05, 4.69) is 4.98 Å². The van der Waals surface area contributed by atoms with E-state index in [-0.39, 0.29) is 0 Å². The predicted octanol–water partition coefficient (Wildman–Crippen LogP) is 4.00. The summed E-state index contributed by atoms with van der Waals surface area (Å²) in [5.41, 5.74) is 0.242. The van der Waals surface area contributed by atoms with E-state index in [0.29, 0.717) is 11.1 Å². The van der Waals surface area contributed by atoms with Gasteiger partial charge in [-0.15, -0.1) is 0 Å². The summed E-state index contributed by atoms with van der Waals surface area (Å²) in [6.07, 6.45) is 3.08. The Morgan fingerprint density at radius 2 is 1.63 bits per heavy atom. The smallest absolute Gasteiger partial charge is 0.227 e. The average molecular weight is 317 g/mol. The third-order valence-electron chi connectivity index (χ3n) is 2.96. The number of alkyl halides is 3. The molecule has 0 saturated carbocycles. The first-order valence-corrected chi connectivity index (χ1v) is 6.76. The molecule has 1 aromatic carbocycles. The van der Waals surface area contributed by atoms with Crippen LogP contribution in [0.3, 0.4) is 0 Å². The van der Waals surface area contributed by atoms with Gasteiger partial charge in [-0.1, -0.05) is 70.7 Å². The summed E-state index contributed by atoms with van der Waals surface area (Å²) in [6.45, 7) is 1.95. The lowest BCUT2D eigenvalue weighted by atomic mass is 9.88. The molecular formula is C14H12Cl3NO. The van der Waals surface area contributed by atoms with E-state index in [0.717, 1.165) is 5.56 Å². The Morgan fingerprint density at radius 3 is 2.11 bits per heavy atom. The maximum Gasteiger partial charge on any atom is 0.227 e. The van der Waals surface area contributed by atoms with Crippen molar-refractivity contribution in [3.05, 3.63) is 65.5 Å². The van der Waals surface area contributed by atoms with E-state index in [1.807, 2.05) is 19.1 Å². The standard InChI is InChI=1S/C14H12Cl3NO/c1-10-4-6-11(7-5-10)13(19,14(15,16)17)12-3-2-8-18-9-12/h2-9,19H,1H3. The van der Waals surface area contributed by atoms with Gasteiger partial charge in [0.25, 0.3) is 0 Å². The third kappa shape index (κ3) is 2.72. The van der Waals surface area contributed by atoms with Crippen LogP contribution in [0.2, 0.25) is 0 Å². The average Bonchev–Trinajstić information content (AvgIpc) is 2.38. The van der Waals surface area contributed by atoms with Gasteiger partial charge >= 0.3 is 0 Å². The molecule has 0 radical (unpaired) electrons. The summed E-state index contributed by atoms with van der Waals surface area (Å²) in [6, 6.07) is 10.5. The Kier molecular flexibility index (Phi) is 4.07. The molecule has 2 rings (SSSR count). The Labute approximate surface area is 127 Å². The molecule has 19 heavy (non-hydrogen) atoms. The summed E-state index contributed by atoms with van der Waals surface area (Å²) in [5.74, 6) is 0. The molecule has 1 N–H and O–H groups in total. The minimum Gasteiger partial charge on any atom is -0.376 e. The van der Waals surface area contributed by atoms with Crippen LogP contribution in [0.1, 0.15) is 16.7 Å². The van der Waals surface area contributed by atoms with Gasteiger partial charge in [0, 0.05) is 18.0 Å². The number of aromatic nitrogens is 1. The van der Waals surface area contributed by atoms with Crippen molar-refractivity contribution >= 4 is 34.8 Å². The molecule has 2 nitrogen and oxygen atoms in total. The van der Waals surface area contributed by atoms with Crippen molar-refractivity contribution in [1.29, 1.82) is 0 Å². The van der Waals surface area contributed by atoms with E-state index >= 15 is 0 Å². The largest absolute Gasteiger partial charge is 0.376 e. The van der Waals surface area contributed by atoms with Crippen LogP contribution in [0.4, 0.5) is 0 Å². The number of halogens is 3. The normalized spacial score (nSPS) is 15.0. The molecule has 1 atom stereocenters. The number of benzene rings is 1. The van der Waals surface area contributed by atoms with Gasteiger partial charge in [0.15, 0.2) is 5.60 Å². The molecule has 2 aromatic rings. The quantitative estimate of drug-likeness (QED) is 0.850. The van der Waals surface area contributed by atoms with Gasteiger partial charge in [0.2, 0.25) is 3.79 Å². The summed E-state index contributed by atoms with van der Waals surface area (Å²) in [5, 5.41) is 10.9. The topological polar surface area (TPSA) is 33.1 Å². The van der Waals surface area contributed by atoms with Gasteiger partial charge in [-0.05, 0) is 18.6 Å². The van der Waals surface area contributed by atoms with Crippen molar-refractivity contribution in [1.82, 2.24) is 4.98 Å². The van der Waals surface area contributed by atoms with Crippen LogP contribution in [-0.2, 0) is 5.60 Å². The van der Waals surface area contributed by atoms with E-state index in [4.69, 9.17) is 34.8 Å². The molecule has 1 unspecified atom stereocenters. The molecule has 0 aliphatic carbocycles. The van der Waals surface area contributed by atoms with Crippen LogP contribution in [-0.4, -0.2) is 13.9 Å². The van der Waals surface area contributed by atoms with Gasteiger partial charge in [0.05, 0.1) is 0 Å². The third-order valence-corrected chi connectivity index (χ3v) is 3.78. The molecule has 0 bridgehead atoms. The molecule has 1 aromatic heterocycles. The fourth-order valence-electron chi connectivity index (χ4n) is 1.87. The number of nitrogens with zero attached hydrogens (tertiary/aromatic N) is 1. The van der Waals surface area contributed by atoms with Crippen LogP contribution in [0.25, 0.3) is 0 Å². The first-order chi connectivity index (χ1) is 8.85. The molecule has 5 heteroatoms. The first kappa shape index (κ1) is 14.6. The molecule has 0 amide bonds. The maximum absolute atomic E-state index is 10.9. The summed E-state index contributed by atoms with van der Waals surface area (Å²) in [7, 11) is 0. The van der Waals surface area contributed by atoms with E-state index < -0.39 is 9.39 Å². The van der Waals surface area contributed by atoms with Gasteiger partial charge in [-0.2, -0.15) is 0 Å². The second-order valence-electron chi connectivity index (χ2n) is 4.32. The van der Waals surface area contributed by atoms with Crippen molar-refractivity contribution in [2.45, 2.75) is 16.3 Å². The van der Waals surface area contributed by atoms with Gasteiger partial charge in [-0.3, -0.25) is 4.98 Å². The molecule has 0 aliphatic rings.